The molecule has 3 N–H and O–H groups in total. The van der Waals surface area contributed by atoms with Crippen LogP contribution in [0.2, 0.25) is 0 Å². The fourth-order valence-electron chi connectivity index (χ4n) is 4.06. The van der Waals surface area contributed by atoms with Crippen LogP contribution in [0.4, 0.5) is 19.0 Å². The van der Waals surface area contributed by atoms with E-state index in [-0.39, 0.29) is 6.04 Å². The Morgan fingerprint density at radius 1 is 1.25 bits per heavy atom. The molecule has 174 valence electrons. The number of carboxylic acid groups (broad SMARTS) is 1. The predicted molar refractivity (Wildman–Crippen MR) is 114 cm³/mol. The van der Waals surface area contributed by atoms with Crippen molar-refractivity contribution in [2.75, 3.05) is 18.0 Å². The van der Waals surface area contributed by atoms with Gasteiger partial charge in [-0.25, -0.2) is 14.8 Å². The molecule has 1 aromatic carbocycles. The van der Waals surface area contributed by atoms with Gasteiger partial charge < -0.3 is 15.7 Å². The van der Waals surface area contributed by atoms with Crippen molar-refractivity contribution in [3.63, 3.8) is 0 Å². The van der Waals surface area contributed by atoms with E-state index < -0.39 is 12.1 Å². The summed E-state index contributed by atoms with van der Waals surface area (Å²) < 4.78 is 31.7. The summed E-state index contributed by atoms with van der Waals surface area (Å²) in [6, 6.07) is 11.4. The molecule has 0 bridgehead atoms. The molecule has 1 unspecified atom stereocenters. The fourth-order valence-corrected chi connectivity index (χ4v) is 4.06. The molecule has 4 rings (SSSR count). The van der Waals surface area contributed by atoms with Crippen LogP contribution in [0, 0.1) is 0 Å². The number of fused-ring (bicyclic) bond motifs is 1. The number of hydrogen-bond donors (Lipinski definition) is 2. The van der Waals surface area contributed by atoms with E-state index in [2.05, 4.69) is 57.0 Å². The number of rotatable bonds is 3. The van der Waals surface area contributed by atoms with Crippen LogP contribution in [-0.4, -0.2) is 57.3 Å². The largest absolute Gasteiger partial charge is 0.490 e. The number of aliphatic carboxylic acids is 1. The predicted octanol–water partition coefficient (Wildman–Crippen LogP) is 2.98. The number of hydrogen-bond acceptors (Lipinski definition) is 6. The SMILES string of the molecule is CC1Cc2c(ncnc2N2CCC[C@@H](N)C2)CN1Cc1ccccc1.O=C(O)C(F)(F)F. The van der Waals surface area contributed by atoms with Crippen molar-refractivity contribution < 1.29 is 23.1 Å². The average Bonchev–Trinajstić information content (AvgIpc) is 2.74. The Balaban J connectivity index is 0.000000360. The van der Waals surface area contributed by atoms with Gasteiger partial charge in [0, 0.05) is 43.8 Å². The molecule has 7 nitrogen and oxygen atoms in total. The molecule has 0 aliphatic carbocycles. The van der Waals surface area contributed by atoms with Gasteiger partial charge in [-0.05, 0) is 31.7 Å². The Labute approximate surface area is 185 Å². The van der Waals surface area contributed by atoms with Gasteiger partial charge in [0.1, 0.15) is 12.1 Å². The molecule has 1 saturated heterocycles. The molecular formula is C22H28F3N5O2. The van der Waals surface area contributed by atoms with Crippen LogP contribution in [0.3, 0.4) is 0 Å². The van der Waals surface area contributed by atoms with Crippen molar-refractivity contribution in [2.24, 2.45) is 5.73 Å². The van der Waals surface area contributed by atoms with Crippen molar-refractivity contribution in [1.29, 1.82) is 0 Å². The maximum Gasteiger partial charge on any atom is 0.490 e. The minimum absolute atomic E-state index is 0.259. The summed E-state index contributed by atoms with van der Waals surface area (Å²) in [5.74, 6) is -1.64. The van der Waals surface area contributed by atoms with Crippen LogP contribution in [0.15, 0.2) is 36.7 Å². The highest BCUT2D eigenvalue weighted by Crippen LogP contribution is 2.30. The number of carbonyl (C=O) groups is 1. The zero-order chi connectivity index (χ0) is 23.3. The molecule has 2 aliphatic rings. The average molecular weight is 451 g/mol. The summed E-state index contributed by atoms with van der Waals surface area (Å²) >= 11 is 0. The van der Waals surface area contributed by atoms with Gasteiger partial charge >= 0.3 is 12.1 Å². The lowest BCUT2D eigenvalue weighted by Gasteiger charge is -2.38. The molecule has 0 radical (unpaired) electrons. The number of benzene rings is 1. The topological polar surface area (TPSA) is 95.6 Å². The molecule has 0 spiro atoms. The van der Waals surface area contributed by atoms with E-state index in [0.29, 0.717) is 6.04 Å². The quantitative estimate of drug-likeness (QED) is 0.741. The Morgan fingerprint density at radius 3 is 2.56 bits per heavy atom. The van der Waals surface area contributed by atoms with E-state index in [1.807, 2.05) is 0 Å². The first-order valence-electron chi connectivity index (χ1n) is 10.6. The van der Waals surface area contributed by atoms with Crippen LogP contribution in [0.25, 0.3) is 0 Å². The third-order valence-corrected chi connectivity index (χ3v) is 5.72. The first kappa shape index (κ1) is 23.9. The van der Waals surface area contributed by atoms with Crippen molar-refractivity contribution in [2.45, 2.75) is 57.5 Å². The van der Waals surface area contributed by atoms with Gasteiger partial charge in [0.05, 0.1) is 5.69 Å². The van der Waals surface area contributed by atoms with Crippen LogP contribution in [0.5, 0.6) is 0 Å². The minimum Gasteiger partial charge on any atom is -0.475 e. The number of alkyl halides is 3. The number of aromatic nitrogens is 2. The molecule has 10 heteroatoms. The van der Waals surface area contributed by atoms with Crippen LogP contribution < -0.4 is 10.6 Å². The highest BCUT2D eigenvalue weighted by atomic mass is 19.4. The van der Waals surface area contributed by atoms with Gasteiger partial charge in [-0.3, -0.25) is 4.90 Å². The fraction of sp³-hybridized carbons (Fsp3) is 0.500. The second kappa shape index (κ2) is 10.3. The number of anilines is 1. The number of piperidine rings is 1. The zero-order valence-corrected chi connectivity index (χ0v) is 17.9. The highest BCUT2D eigenvalue weighted by molar-refractivity contribution is 5.73. The second-order valence-electron chi connectivity index (χ2n) is 8.22. The number of halogens is 3. The second-order valence-corrected chi connectivity index (χ2v) is 8.22. The molecular weight excluding hydrogens is 423 g/mol. The molecule has 32 heavy (non-hydrogen) atoms. The summed E-state index contributed by atoms with van der Waals surface area (Å²) in [5.41, 5.74) is 10.0. The van der Waals surface area contributed by atoms with Crippen LogP contribution >= 0.6 is 0 Å². The summed E-state index contributed by atoms with van der Waals surface area (Å²) in [6.07, 6.45) is -0.0876. The molecule has 2 aliphatic heterocycles. The maximum atomic E-state index is 10.6. The standard InChI is InChI=1S/C20H27N5.C2HF3O2/c1-15-10-18-19(13-25(15)11-16-6-3-2-4-7-16)22-14-23-20(18)24-9-5-8-17(21)12-24;3-2(4,5)1(6)7/h2-4,6-7,14-15,17H,5,8-13,21H2,1H3;(H,6,7)/t15?,17-;/m1./s1. The first-order valence-corrected chi connectivity index (χ1v) is 10.6. The third-order valence-electron chi connectivity index (χ3n) is 5.72. The zero-order valence-electron chi connectivity index (χ0n) is 17.9. The van der Waals surface area contributed by atoms with E-state index in [1.54, 1.807) is 6.33 Å². The van der Waals surface area contributed by atoms with Crippen LogP contribution in [0.1, 0.15) is 36.6 Å². The van der Waals surface area contributed by atoms with Gasteiger partial charge in [-0.1, -0.05) is 30.3 Å². The highest BCUT2D eigenvalue weighted by Gasteiger charge is 2.38. The third kappa shape index (κ3) is 6.17. The monoisotopic (exact) mass is 451 g/mol. The summed E-state index contributed by atoms with van der Waals surface area (Å²) in [4.78, 5) is 23.0. The van der Waals surface area contributed by atoms with Gasteiger partial charge in [-0.15, -0.1) is 0 Å². The molecule has 0 saturated carbocycles. The Morgan fingerprint density at radius 2 is 1.94 bits per heavy atom. The molecule has 1 fully saturated rings. The summed E-state index contributed by atoms with van der Waals surface area (Å²) in [5, 5.41) is 7.12. The van der Waals surface area contributed by atoms with E-state index in [1.165, 1.54) is 16.8 Å². The van der Waals surface area contributed by atoms with Gasteiger partial charge in [-0.2, -0.15) is 13.2 Å². The Hall–Kier alpha value is -2.72. The molecule has 1 aromatic heterocycles. The lowest BCUT2D eigenvalue weighted by atomic mass is 9.97. The van der Waals surface area contributed by atoms with Crippen LogP contribution in [-0.2, 0) is 24.3 Å². The molecule has 2 aromatic rings. The molecule has 0 amide bonds. The van der Waals surface area contributed by atoms with E-state index >= 15 is 0 Å². The Kier molecular flexibility index (Phi) is 7.68. The van der Waals surface area contributed by atoms with Crippen molar-refractivity contribution in [1.82, 2.24) is 14.9 Å². The first-order chi connectivity index (χ1) is 15.1. The van der Waals surface area contributed by atoms with Crippen molar-refractivity contribution in [3.05, 3.63) is 53.5 Å². The van der Waals surface area contributed by atoms with Gasteiger partial charge in [0.25, 0.3) is 0 Å². The molecule has 2 atom stereocenters. The number of carboxylic acids is 1. The van der Waals surface area contributed by atoms with E-state index in [4.69, 9.17) is 15.6 Å². The summed E-state index contributed by atoms with van der Waals surface area (Å²) in [6.45, 7) is 6.13. The molecule has 3 heterocycles. The smallest absolute Gasteiger partial charge is 0.475 e. The lowest BCUT2D eigenvalue weighted by Crippen LogP contribution is -2.45. The van der Waals surface area contributed by atoms with E-state index in [0.717, 1.165) is 51.3 Å². The maximum absolute atomic E-state index is 10.6. The lowest BCUT2D eigenvalue weighted by molar-refractivity contribution is -0.192. The normalized spacial score (nSPS) is 21.3. The minimum atomic E-state index is -5.08. The van der Waals surface area contributed by atoms with Gasteiger partial charge in [0.15, 0.2) is 0 Å². The van der Waals surface area contributed by atoms with Gasteiger partial charge in [0.2, 0.25) is 0 Å². The summed E-state index contributed by atoms with van der Waals surface area (Å²) in [7, 11) is 0. The Bertz CT molecular complexity index is 910. The van der Waals surface area contributed by atoms with Crippen molar-refractivity contribution >= 4 is 11.8 Å². The van der Waals surface area contributed by atoms with E-state index in [9.17, 15) is 13.2 Å². The number of nitrogens with zero attached hydrogens (tertiary/aromatic N) is 4. The van der Waals surface area contributed by atoms with Crippen molar-refractivity contribution in [3.8, 4) is 0 Å². The number of nitrogens with two attached hydrogens (primary N) is 1.